The number of rotatable bonds is 3. The van der Waals surface area contributed by atoms with Gasteiger partial charge in [-0.05, 0) is 38.1 Å². The maximum atomic E-state index is 13.3. The first-order valence-electron chi connectivity index (χ1n) is 7.22. The third-order valence-corrected chi connectivity index (χ3v) is 6.37. The van der Waals surface area contributed by atoms with Crippen LogP contribution < -0.4 is 5.32 Å². The molecule has 1 saturated carbocycles. The first-order valence-corrected chi connectivity index (χ1v) is 8.77. The summed E-state index contributed by atoms with van der Waals surface area (Å²) in [5.41, 5.74) is 0. The third-order valence-electron chi connectivity index (χ3n) is 4.10. The molecule has 0 aliphatic heterocycles. The van der Waals surface area contributed by atoms with Crippen LogP contribution in [0.15, 0.2) is 29.2 Å². The highest BCUT2D eigenvalue weighted by molar-refractivity contribution is 7.92. The minimum absolute atomic E-state index is 0.0523. The van der Waals surface area contributed by atoms with Crippen LogP contribution >= 0.6 is 0 Å². The van der Waals surface area contributed by atoms with Gasteiger partial charge < -0.3 is 5.32 Å². The molecule has 1 aliphatic rings. The summed E-state index contributed by atoms with van der Waals surface area (Å²) in [7, 11) is -1.68. The zero-order valence-corrected chi connectivity index (χ0v) is 12.6. The zero-order chi connectivity index (χ0) is 14.6. The van der Waals surface area contributed by atoms with E-state index in [9.17, 15) is 12.8 Å². The van der Waals surface area contributed by atoms with Crippen molar-refractivity contribution >= 4 is 9.84 Å². The van der Waals surface area contributed by atoms with Crippen LogP contribution in [0.1, 0.15) is 38.5 Å². The molecular weight excluding hydrogens is 277 g/mol. The van der Waals surface area contributed by atoms with E-state index >= 15 is 0 Å². The molecule has 0 bridgehead atoms. The maximum Gasteiger partial charge on any atom is 0.182 e. The van der Waals surface area contributed by atoms with Crippen LogP contribution in [0.2, 0.25) is 0 Å². The van der Waals surface area contributed by atoms with Crippen molar-refractivity contribution in [2.75, 3.05) is 7.05 Å². The van der Waals surface area contributed by atoms with Gasteiger partial charge in [-0.25, -0.2) is 12.8 Å². The highest BCUT2D eigenvalue weighted by atomic mass is 32.2. The molecule has 0 saturated heterocycles. The molecule has 112 valence electrons. The van der Waals surface area contributed by atoms with Crippen LogP contribution in [0.5, 0.6) is 0 Å². The Kier molecular flexibility index (Phi) is 5.16. The summed E-state index contributed by atoms with van der Waals surface area (Å²) in [5.74, 6) is -0.502. The predicted molar refractivity (Wildman–Crippen MR) is 77.9 cm³/mol. The SMILES string of the molecule is CNC1CCCCCCC1S(=O)(=O)c1cccc(F)c1. The number of halogens is 1. The Labute approximate surface area is 120 Å². The van der Waals surface area contributed by atoms with E-state index < -0.39 is 20.9 Å². The fraction of sp³-hybridized carbons (Fsp3) is 0.600. The third kappa shape index (κ3) is 3.38. The normalized spacial score (nSPS) is 24.9. The fourth-order valence-electron chi connectivity index (χ4n) is 2.97. The van der Waals surface area contributed by atoms with Gasteiger partial charge >= 0.3 is 0 Å². The smallest absolute Gasteiger partial charge is 0.182 e. The lowest BCUT2D eigenvalue weighted by atomic mass is 9.96. The molecule has 1 aromatic carbocycles. The van der Waals surface area contributed by atoms with Gasteiger partial charge in [-0.3, -0.25) is 0 Å². The molecule has 1 N–H and O–H groups in total. The van der Waals surface area contributed by atoms with Gasteiger partial charge in [-0.1, -0.05) is 31.7 Å². The summed E-state index contributed by atoms with van der Waals surface area (Å²) in [4.78, 5) is 0.100. The molecule has 2 atom stereocenters. The molecule has 5 heteroatoms. The molecule has 1 aromatic rings. The lowest BCUT2D eigenvalue weighted by Gasteiger charge is -2.28. The monoisotopic (exact) mass is 299 g/mol. The van der Waals surface area contributed by atoms with E-state index in [-0.39, 0.29) is 10.9 Å². The van der Waals surface area contributed by atoms with Crippen molar-refractivity contribution in [1.29, 1.82) is 0 Å². The van der Waals surface area contributed by atoms with Gasteiger partial charge in [0.05, 0.1) is 10.1 Å². The summed E-state index contributed by atoms with van der Waals surface area (Å²) >= 11 is 0. The summed E-state index contributed by atoms with van der Waals surface area (Å²) in [6.45, 7) is 0. The van der Waals surface area contributed by atoms with Crippen LogP contribution in [-0.2, 0) is 9.84 Å². The van der Waals surface area contributed by atoms with Gasteiger partial charge in [0.15, 0.2) is 9.84 Å². The van der Waals surface area contributed by atoms with Crippen molar-refractivity contribution in [3.63, 3.8) is 0 Å². The highest BCUT2D eigenvalue weighted by Crippen LogP contribution is 2.27. The van der Waals surface area contributed by atoms with Crippen molar-refractivity contribution in [1.82, 2.24) is 5.32 Å². The van der Waals surface area contributed by atoms with Crippen molar-refractivity contribution in [2.45, 2.75) is 54.7 Å². The summed E-state index contributed by atoms with van der Waals surface area (Å²) in [5, 5.41) is 2.68. The second-order valence-corrected chi connectivity index (χ2v) is 7.59. The highest BCUT2D eigenvalue weighted by Gasteiger charge is 2.34. The predicted octanol–water partition coefficient (Wildman–Crippen LogP) is 2.91. The molecular formula is C15H22FNO2S. The molecule has 20 heavy (non-hydrogen) atoms. The van der Waals surface area contributed by atoms with E-state index in [1.807, 2.05) is 0 Å². The van der Waals surface area contributed by atoms with Crippen LogP contribution in [0.4, 0.5) is 4.39 Å². The van der Waals surface area contributed by atoms with Crippen LogP contribution in [0.3, 0.4) is 0 Å². The minimum Gasteiger partial charge on any atom is -0.316 e. The van der Waals surface area contributed by atoms with Crippen molar-refractivity contribution < 1.29 is 12.8 Å². The first-order chi connectivity index (χ1) is 9.55. The number of hydrogen-bond acceptors (Lipinski definition) is 3. The van der Waals surface area contributed by atoms with Crippen molar-refractivity contribution in [3.8, 4) is 0 Å². The van der Waals surface area contributed by atoms with Gasteiger partial charge in [-0.15, -0.1) is 0 Å². The maximum absolute atomic E-state index is 13.3. The summed E-state index contributed by atoms with van der Waals surface area (Å²) in [6.07, 6.45) is 5.69. The Bertz CT molecular complexity index is 545. The molecule has 2 unspecified atom stereocenters. The molecule has 3 nitrogen and oxygen atoms in total. The second-order valence-electron chi connectivity index (χ2n) is 5.43. The molecule has 2 rings (SSSR count). The van der Waals surface area contributed by atoms with Gasteiger partial charge in [0.1, 0.15) is 5.82 Å². The lowest BCUT2D eigenvalue weighted by molar-refractivity contribution is 0.405. The van der Waals surface area contributed by atoms with Crippen LogP contribution in [-0.4, -0.2) is 26.8 Å². The van der Waals surface area contributed by atoms with Crippen molar-refractivity contribution in [2.24, 2.45) is 0 Å². The van der Waals surface area contributed by atoms with Gasteiger partial charge in [0.25, 0.3) is 0 Å². The second kappa shape index (κ2) is 6.68. The molecule has 0 aromatic heterocycles. The Morgan fingerprint density at radius 3 is 2.50 bits per heavy atom. The quantitative estimate of drug-likeness (QED) is 0.933. The van der Waals surface area contributed by atoms with E-state index in [1.165, 1.54) is 18.2 Å². The number of hydrogen-bond donors (Lipinski definition) is 1. The van der Waals surface area contributed by atoms with E-state index in [0.717, 1.165) is 38.2 Å². The average molecular weight is 299 g/mol. The number of nitrogens with one attached hydrogen (secondary N) is 1. The zero-order valence-electron chi connectivity index (χ0n) is 11.8. The van der Waals surface area contributed by atoms with Gasteiger partial charge in [0.2, 0.25) is 0 Å². The van der Waals surface area contributed by atoms with Gasteiger partial charge in [-0.2, -0.15) is 0 Å². The van der Waals surface area contributed by atoms with E-state index in [4.69, 9.17) is 0 Å². The Morgan fingerprint density at radius 2 is 1.85 bits per heavy atom. The first kappa shape index (κ1) is 15.4. The Morgan fingerprint density at radius 1 is 1.15 bits per heavy atom. The topological polar surface area (TPSA) is 46.2 Å². The lowest BCUT2D eigenvalue weighted by Crippen LogP contribution is -2.43. The van der Waals surface area contributed by atoms with Gasteiger partial charge in [0, 0.05) is 6.04 Å². The average Bonchev–Trinajstić information content (AvgIpc) is 2.38. The molecule has 1 fully saturated rings. The van der Waals surface area contributed by atoms with Crippen LogP contribution in [0.25, 0.3) is 0 Å². The molecule has 0 radical (unpaired) electrons. The molecule has 0 amide bonds. The van der Waals surface area contributed by atoms with E-state index in [0.29, 0.717) is 6.42 Å². The molecule has 0 heterocycles. The summed E-state index contributed by atoms with van der Waals surface area (Å²) < 4.78 is 38.8. The van der Waals surface area contributed by atoms with E-state index in [2.05, 4.69) is 5.32 Å². The molecule has 0 spiro atoms. The Balaban J connectivity index is 2.33. The Hall–Kier alpha value is -0.940. The fourth-order valence-corrected chi connectivity index (χ4v) is 5.05. The van der Waals surface area contributed by atoms with E-state index in [1.54, 1.807) is 7.05 Å². The number of benzene rings is 1. The standard InChI is InChI=1S/C15H22FNO2S/c1-17-14-9-4-2-3-5-10-15(14)20(18,19)13-8-6-7-12(16)11-13/h6-8,11,14-15,17H,2-5,9-10H2,1H3. The number of sulfone groups is 1. The van der Waals surface area contributed by atoms with Crippen molar-refractivity contribution in [3.05, 3.63) is 30.1 Å². The molecule has 1 aliphatic carbocycles. The largest absolute Gasteiger partial charge is 0.316 e. The van der Waals surface area contributed by atoms with Crippen LogP contribution in [0, 0.1) is 5.82 Å². The minimum atomic E-state index is -3.49. The summed E-state index contributed by atoms with van der Waals surface area (Å²) in [6, 6.07) is 5.29.